The highest BCUT2D eigenvalue weighted by molar-refractivity contribution is 14.1. The van der Waals surface area contributed by atoms with Crippen LogP contribution in [-0.2, 0) is 17.6 Å². The molecule has 0 radical (unpaired) electrons. The molecule has 1 aliphatic carbocycles. The first kappa shape index (κ1) is 19.8. The van der Waals surface area contributed by atoms with Crippen LogP contribution in [-0.4, -0.2) is 27.8 Å². The van der Waals surface area contributed by atoms with Gasteiger partial charge in [-0.3, -0.25) is 4.79 Å². The lowest BCUT2D eigenvalue weighted by Gasteiger charge is -2.26. The van der Waals surface area contributed by atoms with Gasteiger partial charge in [0.1, 0.15) is 0 Å². The Kier molecular flexibility index (Phi) is 6.46. The molecule has 0 saturated heterocycles. The Morgan fingerprint density at radius 3 is 2.70 bits per heavy atom. The monoisotopic (exact) mass is 481 g/mol. The number of aryl methyl sites for hydroxylation is 1. The summed E-state index contributed by atoms with van der Waals surface area (Å²) in [5.74, 6) is -0.516. The fraction of sp³-hybridized carbons (Fsp3) is 0.381. The Morgan fingerprint density at radius 1 is 1.19 bits per heavy atom. The summed E-state index contributed by atoms with van der Waals surface area (Å²) in [5.41, 5.74) is 4.53. The Labute approximate surface area is 172 Å². The molecule has 0 aromatic heterocycles. The predicted octanol–water partition coefficient (Wildman–Crippen LogP) is 4.64. The van der Waals surface area contributed by atoms with Crippen molar-refractivity contribution >= 4 is 34.2 Å². The van der Waals surface area contributed by atoms with Crippen LogP contribution in [0.25, 0.3) is 0 Å². The molecule has 2 aromatic rings. The van der Waals surface area contributed by atoms with Gasteiger partial charge in [-0.2, -0.15) is 0 Å². The van der Waals surface area contributed by atoms with Gasteiger partial charge in [0.2, 0.25) is 0 Å². The van der Waals surface area contributed by atoms with Crippen LogP contribution in [0.15, 0.2) is 30.3 Å². The summed E-state index contributed by atoms with van der Waals surface area (Å²) in [6.45, 7) is 0.639. The Balaban J connectivity index is 1.68. The van der Waals surface area contributed by atoms with Crippen molar-refractivity contribution in [2.75, 3.05) is 11.9 Å². The maximum atomic E-state index is 10.6. The fourth-order valence-electron chi connectivity index (χ4n) is 3.72. The van der Waals surface area contributed by atoms with Gasteiger partial charge in [-0.25, -0.2) is 0 Å². The lowest BCUT2D eigenvalue weighted by molar-refractivity contribution is -0.137. The van der Waals surface area contributed by atoms with E-state index in [0.29, 0.717) is 18.9 Å². The number of rotatable bonds is 7. The van der Waals surface area contributed by atoms with E-state index in [9.17, 15) is 15.0 Å². The molecule has 1 aliphatic rings. The topological polar surface area (TPSA) is 89.8 Å². The summed E-state index contributed by atoms with van der Waals surface area (Å²) >= 11 is 2.30. The van der Waals surface area contributed by atoms with E-state index in [-0.39, 0.29) is 17.9 Å². The highest BCUT2D eigenvalue weighted by Gasteiger charge is 2.22. The van der Waals surface area contributed by atoms with E-state index in [0.717, 1.165) is 46.1 Å². The minimum absolute atomic E-state index is 0.0396. The molecule has 4 N–H and O–H groups in total. The molecule has 1 atom stereocenters. The second-order valence-corrected chi connectivity index (χ2v) is 8.23. The van der Waals surface area contributed by atoms with E-state index in [2.05, 4.69) is 46.1 Å². The number of benzene rings is 2. The molecule has 27 heavy (non-hydrogen) atoms. The number of carboxylic acids is 1. The number of aliphatic carboxylic acids is 1. The number of aromatic hydroxyl groups is 2. The number of phenols is 2. The van der Waals surface area contributed by atoms with Crippen LogP contribution in [0.2, 0.25) is 0 Å². The average molecular weight is 481 g/mol. The molecular formula is C21H24INO4. The molecular weight excluding hydrogens is 457 g/mol. The van der Waals surface area contributed by atoms with E-state index in [1.165, 1.54) is 5.56 Å². The highest BCUT2D eigenvalue weighted by Crippen LogP contribution is 2.39. The molecule has 3 rings (SSSR count). The number of hydrogen-bond acceptors (Lipinski definition) is 4. The smallest absolute Gasteiger partial charge is 0.303 e. The largest absolute Gasteiger partial charge is 0.504 e. The number of phenolic OH excluding ortho intramolecular Hbond substituents is 2. The summed E-state index contributed by atoms with van der Waals surface area (Å²) in [6.07, 6.45) is 4.77. The summed E-state index contributed by atoms with van der Waals surface area (Å²) in [5, 5.41) is 31.6. The zero-order chi connectivity index (χ0) is 19.4. The lowest BCUT2D eigenvalue weighted by atomic mass is 9.79. The van der Waals surface area contributed by atoms with Gasteiger partial charge in [0, 0.05) is 22.2 Å². The molecule has 0 bridgehead atoms. The number of anilines is 1. The van der Waals surface area contributed by atoms with Crippen molar-refractivity contribution in [2.45, 2.75) is 44.4 Å². The van der Waals surface area contributed by atoms with Crippen LogP contribution in [0, 0.1) is 3.57 Å². The van der Waals surface area contributed by atoms with E-state index < -0.39 is 5.97 Å². The highest BCUT2D eigenvalue weighted by atomic mass is 127. The summed E-state index contributed by atoms with van der Waals surface area (Å²) < 4.78 is 1.12. The zero-order valence-corrected chi connectivity index (χ0v) is 17.2. The third kappa shape index (κ3) is 5.06. The van der Waals surface area contributed by atoms with Crippen molar-refractivity contribution in [3.8, 4) is 11.5 Å². The average Bonchev–Trinajstić information content (AvgIpc) is 2.62. The first-order valence-electron chi connectivity index (χ1n) is 9.23. The number of halogens is 1. The predicted molar refractivity (Wildman–Crippen MR) is 114 cm³/mol. The van der Waals surface area contributed by atoms with E-state index in [1.807, 2.05) is 0 Å². The van der Waals surface area contributed by atoms with Gasteiger partial charge < -0.3 is 20.6 Å². The summed E-state index contributed by atoms with van der Waals surface area (Å²) in [6, 6.07) is 9.74. The van der Waals surface area contributed by atoms with Gasteiger partial charge in [0.05, 0.1) is 0 Å². The molecule has 0 fully saturated rings. The van der Waals surface area contributed by atoms with Gasteiger partial charge in [0.25, 0.3) is 0 Å². The molecule has 0 spiro atoms. The van der Waals surface area contributed by atoms with Crippen molar-refractivity contribution in [1.29, 1.82) is 0 Å². The molecule has 0 unspecified atom stereocenters. The van der Waals surface area contributed by atoms with Gasteiger partial charge in [0.15, 0.2) is 11.5 Å². The summed E-state index contributed by atoms with van der Waals surface area (Å²) in [4.78, 5) is 10.6. The van der Waals surface area contributed by atoms with Gasteiger partial charge in [-0.1, -0.05) is 6.07 Å². The standard InChI is InChI=1S/C21H24INO4/c22-17-10-13(6-7-18(17)23-8-2-5-21(26)27)9-14-3-1-4-15-11-19(24)20(25)12-16(14)15/h6-7,10-12,14,23-25H,1-5,8-9H2,(H,26,27)/t14-/m0/s1. The molecule has 2 aromatic carbocycles. The number of carbonyl (C=O) groups is 1. The Morgan fingerprint density at radius 2 is 1.96 bits per heavy atom. The third-order valence-electron chi connectivity index (χ3n) is 5.07. The second-order valence-electron chi connectivity index (χ2n) is 7.07. The van der Waals surface area contributed by atoms with Crippen LogP contribution in [0.3, 0.4) is 0 Å². The zero-order valence-electron chi connectivity index (χ0n) is 15.0. The second kappa shape index (κ2) is 8.82. The minimum atomic E-state index is -0.769. The van der Waals surface area contributed by atoms with E-state index >= 15 is 0 Å². The van der Waals surface area contributed by atoms with Gasteiger partial charge >= 0.3 is 5.97 Å². The van der Waals surface area contributed by atoms with Crippen molar-refractivity contribution in [1.82, 2.24) is 0 Å². The maximum absolute atomic E-state index is 10.6. The number of fused-ring (bicyclic) bond motifs is 1. The minimum Gasteiger partial charge on any atom is -0.504 e. The first-order valence-corrected chi connectivity index (χ1v) is 10.3. The molecule has 0 amide bonds. The molecule has 5 nitrogen and oxygen atoms in total. The van der Waals surface area contributed by atoms with Crippen LogP contribution in [0.1, 0.15) is 48.3 Å². The molecule has 6 heteroatoms. The van der Waals surface area contributed by atoms with Crippen LogP contribution in [0.4, 0.5) is 5.69 Å². The summed E-state index contributed by atoms with van der Waals surface area (Å²) in [7, 11) is 0. The number of nitrogens with one attached hydrogen (secondary N) is 1. The number of carboxylic acid groups (broad SMARTS) is 1. The van der Waals surface area contributed by atoms with Gasteiger partial charge in [-0.05, 0) is 102 Å². The van der Waals surface area contributed by atoms with Crippen molar-refractivity contribution in [2.24, 2.45) is 0 Å². The van der Waals surface area contributed by atoms with Crippen LogP contribution < -0.4 is 5.32 Å². The van der Waals surface area contributed by atoms with E-state index in [1.54, 1.807) is 12.1 Å². The van der Waals surface area contributed by atoms with E-state index in [4.69, 9.17) is 5.11 Å². The normalized spacial score (nSPS) is 16.0. The fourth-order valence-corrected chi connectivity index (χ4v) is 4.49. The van der Waals surface area contributed by atoms with Gasteiger partial charge in [-0.15, -0.1) is 0 Å². The molecule has 0 saturated carbocycles. The molecule has 0 heterocycles. The lowest BCUT2D eigenvalue weighted by Crippen LogP contribution is -2.12. The molecule has 0 aliphatic heterocycles. The van der Waals surface area contributed by atoms with Crippen LogP contribution >= 0.6 is 22.6 Å². The SMILES string of the molecule is O=C(O)CCCNc1ccc(C[C@@H]2CCCc3cc(O)c(O)cc32)cc1I. The van der Waals surface area contributed by atoms with Crippen molar-refractivity contribution in [3.63, 3.8) is 0 Å². The van der Waals surface area contributed by atoms with Crippen molar-refractivity contribution < 1.29 is 20.1 Å². The first-order chi connectivity index (χ1) is 12.9. The maximum Gasteiger partial charge on any atom is 0.303 e. The Hall–Kier alpha value is -1.96. The number of hydrogen-bond donors (Lipinski definition) is 4. The van der Waals surface area contributed by atoms with Crippen LogP contribution in [0.5, 0.6) is 11.5 Å². The molecule has 144 valence electrons. The third-order valence-corrected chi connectivity index (χ3v) is 5.97. The quantitative estimate of drug-likeness (QED) is 0.263. The van der Waals surface area contributed by atoms with Crippen molar-refractivity contribution in [3.05, 3.63) is 50.6 Å². The Bertz CT molecular complexity index is 837.